The fourth-order valence-electron chi connectivity index (χ4n) is 1.18. The van der Waals surface area contributed by atoms with Crippen LogP contribution in [0.5, 0.6) is 5.75 Å². The average molecular weight is 251 g/mol. The van der Waals surface area contributed by atoms with E-state index in [1.54, 1.807) is 12.1 Å². The fraction of sp³-hybridized carbons (Fsp3) is 0.385. The van der Waals surface area contributed by atoms with Gasteiger partial charge in [0.15, 0.2) is 0 Å². The maximum Gasteiger partial charge on any atom is 0.371 e. The smallest absolute Gasteiger partial charge is 0.371 e. The number of aliphatic carboxylic acids is 1. The number of carbonyl (C=O) groups is 1. The van der Waals surface area contributed by atoms with E-state index in [0.29, 0.717) is 24.0 Å². The van der Waals surface area contributed by atoms with Gasteiger partial charge in [0, 0.05) is 6.08 Å². The normalized spacial score (nSPS) is 11.6. The number of hydrogen-bond donors (Lipinski definition) is 2. The first-order valence-corrected chi connectivity index (χ1v) is 5.72. The summed E-state index contributed by atoms with van der Waals surface area (Å²) in [5, 5.41) is 17.5. The van der Waals surface area contributed by atoms with E-state index in [9.17, 15) is 4.79 Å². The van der Waals surface area contributed by atoms with Crippen LogP contribution in [0, 0.1) is 5.92 Å². The summed E-state index contributed by atoms with van der Waals surface area (Å²) < 4.78 is 5.46. The average Bonchev–Trinajstić information content (AvgIpc) is 2.30. The van der Waals surface area contributed by atoms with E-state index < -0.39 is 11.7 Å². The van der Waals surface area contributed by atoms with Crippen molar-refractivity contribution in [2.45, 2.75) is 20.3 Å². The zero-order valence-corrected chi connectivity index (χ0v) is 10.5. The molecule has 0 spiro atoms. The van der Waals surface area contributed by atoms with Crippen LogP contribution in [0.3, 0.4) is 0 Å². The van der Waals surface area contributed by atoms with Crippen LogP contribution in [-0.4, -0.2) is 27.8 Å². The Bertz CT molecular complexity index is 423. The molecule has 0 saturated carbocycles. The molecule has 0 aliphatic heterocycles. The van der Waals surface area contributed by atoms with E-state index in [0.717, 1.165) is 12.5 Å². The molecule has 0 atom stereocenters. The number of aliphatic hydroxyl groups excluding tert-OH is 1. The molecule has 0 unspecified atom stereocenters. The molecule has 0 bridgehead atoms. The maximum atomic E-state index is 10.4. The largest absolute Gasteiger partial charge is 0.502 e. The Morgan fingerprint density at radius 3 is 2.67 bits per heavy atom. The van der Waals surface area contributed by atoms with Gasteiger partial charge < -0.3 is 14.9 Å². The minimum atomic E-state index is -1.38. The summed E-state index contributed by atoms with van der Waals surface area (Å²) in [6, 6.07) is 3.28. The van der Waals surface area contributed by atoms with Crippen LogP contribution in [0.4, 0.5) is 0 Å². The van der Waals surface area contributed by atoms with E-state index >= 15 is 0 Å². The van der Waals surface area contributed by atoms with E-state index in [1.807, 2.05) is 0 Å². The Morgan fingerprint density at radius 1 is 1.44 bits per heavy atom. The lowest BCUT2D eigenvalue weighted by Gasteiger charge is -2.07. The number of hydrogen-bond acceptors (Lipinski definition) is 4. The number of carboxylic acid groups (broad SMARTS) is 1. The van der Waals surface area contributed by atoms with Gasteiger partial charge in [-0.3, -0.25) is 4.98 Å². The zero-order valence-electron chi connectivity index (χ0n) is 10.5. The summed E-state index contributed by atoms with van der Waals surface area (Å²) in [7, 11) is 0. The Kier molecular flexibility index (Phi) is 5.17. The van der Waals surface area contributed by atoms with Gasteiger partial charge in [-0.05, 0) is 24.5 Å². The highest BCUT2D eigenvalue weighted by Gasteiger charge is 2.04. The van der Waals surface area contributed by atoms with Gasteiger partial charge in [0.05, 0.1) is 18.5 Å². The van der Waals surface area contributed by atoms with Crippen LogP contribution < -0.4 is 4.74 Å². The highest BCUT2D eigenvalue weighted by molar-refractivity contribution is 5.88. The molecule has 1 aromatic rings. The van der Waals surface area contributed by atoms with Crippen molar-refractivity contribution in [3.63, 3.8) is 0 Å². The van der Waals surface area contributed by atoms with Crippen molar-refractivity contribution in [1.82, 2.24) is 4.98 Å². The number of rotatable bonds is 6. The molecule has 0 aromatic carbocycles. The van der Waals surface area contributed by atoms with E-state index in [1.165, 1.54) is 6.20 Å². The van der Waals surface area contributed by atoms with Gasteiger partial charge in [0.2, 0.25) is 5.76 Å². The second-order valence-electron chi connectivity index (χ2n) is 4.28. The van der Waals surface area contributed by atoms with Gasteiger partial charge in [-0.15, -0.1) is 0 Å². The summed E-state index contributed by atoms with van der Waals surface area (Å²) in [5.41, 5.74) is 0.367. The van der Waals surface area contributed by atoms with Crippen molar-refractivity contribution in [2.24, 2.45) is 5.92 Å². The molecule has 0 saturated heterocycles. The maximum absolute atomic E-state index is 10.4. The first-order valence-electron chi connectivity index (χ1n) is 5.72. The lowest BCUT2D eigenvalue weighted by Crippen LogP contribution is -2.02. The Hall–Kier alpha value is -2.04. The van der Waals surface area contributed by atoms with Gasteiger partial charge in [0.1, 0.15) is 5.75 Å². The molecular weight excluding hydrogens is 234 g/mol. The van der Waals surface area contributed by atoms with Crippen molar-refractivity contribution < 1.29 is 19.7 Å². The Labute approximate surface area is 106 Å². The second kappa shape index (κ2) is 6.64. The molecule has 1 heterocycles. The van der Waals surface area contributed by atoms with Crippen molar-refractivity contribution in [2.75, 3.05) is 6.61 Å². The van der Waals surface area contributed by atoms with Crippen molar-refractivity contribution in [1.29, 1.82) is 0 Å². The topological polar surface area (TPSA) is 79.7 Å². The summed E-state index contributed by atoms with van der Waals surface area (Å²) in [5.74, 6) is -0.916. The molecular formula is C13H17NO4. The summed E-state index contributed by atoms with van der Waals surface area (Å²) >= 11 is 0. The predicted molar refractivity (Wildman–Crippen MR) is 67.4 cm³/mol. The third kappa shape index (κ3) is 4.86. The van der Waals surface area contributed by atoms with Crippen LogP contribution in [0.25, 0.3) is 6.08 Å². The number of carboxylic acids is 1. The van der Waals surface area contributed by atoms with E-state index in [4.69, 9.17) is 14.9 Å². The molecule has 5 heteroatoms. The quantitative estimate of drug-likeness (QED) is 0.599. The third-order valence-electron chi connectivity index (χ3n) is 2.23. The molecule has 1 aromatic heterocycles. The van der Waals surface area contributed by atoms with Gasteiger partial charge in [-0.25, -0.2) is 4.79 Å². The molecule has 98 valence electrons. The first-order chi connectivity index (χ1) is 8.49. The standard InChI is InChI=1S/C13H17NO4/c1-9(2)5-6-18-11-4-3-10(14-8-11)7-12(15)13(16)17/h3-4,7-9,15H,5-6H2,1-2H3,(H,16,17)/b12-7-. The first kappa shape index (κ1) is 14.0. The molecule has 0 fully saturated rings. The number of ether oxygens (including phenoxy) is 1. The van der Waals surface area contributed by atoms with Crippen LogP contribution in [0.2, 0.25) is 0 Å². The lowest BCUT2D eigenvalue weighted by atomic mass is 10.1. The van der Waals surface area contributed by atoms with Crippen LogP contribution in [0.1, 0.15) is 26.0 Å². The fourth-order valence-corrected chi connectivity index (χ4v) is 1.18. The van der Waals surface area contributed by atoms with E-state index in [2.05, 4.69) is 18.8 Å². The molecule has 0 amide bonds. The van der Waals surface area contributed by atoms with Crippen molar-refractivity contribution in [3.05, 3.63) is 29.8 Å². The van der Waals surface area contributed by atoms with Crippen molar-refractivity contribution >= 4 is 12.0 Å². The van der Waals surface area contributed by atoms with Gasteiger partial charge >= 0.3 is 5.97 Å². The van der Waals surface area contributed by atoms with Crippen molar-refractivity contribution in [3.8, 4) is 5.75 Å². The molecule has 0 radical (unpaired) electrons. The van der Waals surface area contributed by atoms with Crippen LogP contribution >= 0.6 is 0 Å². The monoisotopic (exact) mass is 251 g/mol. The minimum absolute atomic E-state index is 0.367. The third-order valence-corrected chi connectivity index (χ3v) is 2.23. The number of pyridine rings is 1. The molecule has 0 aliphatic carbocycles. The lowest BCUT2D eigenvalue weighted by molar-refractivity contribution is -0.135. The summed E-state index contributed by atoms with van der Waals surface area (Å²) in [6.07, 6.45) is 3.54. The molecule has 2 N–H and O–H groups in total. The molecule has 18 heavy (non-hydrogen) atoms. The van der Waals surface area contributed by atoms with Gasteiger partial charge in [0.25, 0.3) is 0 Å². The van der Waals surface area contributed by atoms with Crippen LogP contribution in [0.15, 0.2) is 24.1 Å². The summed E-state index contributed by atoms with van der Waals surface area (Å²) in [4.78, 5) is 14.4. The van der Waals surface area contributed by atoms with E-state index in [-0.39, 0.29) is 0 Å². The number of nitrogens with zero attached hydrogens (tertiary/aromatic N) is 1. The number of aliphatic hydroxyl groups is 1. The molecule has 0 aliphatic rings. The molecule has 1 rings (SSSR count). The van der Waals surface area contributed by atoms with Gasteiger partial charge in [-0.2, -0.15) is 0 Å². The zero-order chi connectivity index (χ0) is 13.5. The second-order valence-corrected chi connectivity index (χ2v) is 4.28. The highest BCUT2D eigenvalue weighted by atomic mass is 16.5. The Morgan fingerprint density at radius 2 is 2.17 bits per heavy atom. The van der Waals surface area contributed by atoms with Crippen LogP contribution in [-0.2, 0) is 4.79 Å². The Balaban J connectivity index is 2.58. The predicted octanol–water partition coefficient (Wildman–Crippen LogP) is 2.49. The minimum Gasteiger partial charge on any atom is -0.502 e. The highest BCUT2D eigenvalue weighted by Crippen LogP contribution is 2.12. The number of aromatic nitrogens is 1. The molecule has 5 nitrogen and oxygen atoms in total. The summed E-state index contributed by atoms with van der Waals surface area (Å²) in [6.45, 7) is 4.85. The SMILES string of the molecule is CC(C)CCOc1ccc(/C=C(\O)C(=O)O)nc1. The van der Waals surface area contributed by atoms with Gasteiger partial charge in [-0.1, -0.05) is 13.8 Å².